The highest BCUT2D eigenvalue weighted by Crippen LogP contribution is 2.26. The summed E-state index contributed by atoms with van der Waals surface area (Å²) in [5.41, 5.74) is 6.74. The van der Waals surface area contributed by atoms with Crippen LogP contribution in [0, 0.1) is 0 Å². The van der Waals surface area contributed by atoms with Crippen molar-refractivity contribution in [2.45, 2.75) is 19.4 Å². The third-order valence-corrected chi connectivity index (χ3v) is 4.47. The van der Waals surface area contributed by atoms with Crippen molar-refractivity contribution >= 4 is 46.3 Å². The van der Waals surface area contributed by atoms with E-state index in [1.807, 2.05) is 30.3 Å². The van der Waals surface area contributed by atoms with E-state index in [0.29, 0.717) is 5.69 Å². The molecule has 7 nitrogen and oxygen atoms in total. The number of halogens is 1. The van der Waals surface area contributed by atoms with Crippen LogP contribution in [0.2, 0.25) is 5.02 Å². The fourth-order valence-corrected chi connectivity index (χ4v) is 3.05. The van der Waals surface area contributed by atoms with Crippen LogP contribution in [0.3, 0.4) is 0 Å². The topological polar surface area (TPSA) is 105 Å². The Hall–Kier alpha value is -3.19. The number of hydrogen-bond donors (Lipinski definition) is 2. The van der Waals surface area contributed by atoms with E-state index in [-0.39, 0.29) is 28.5 Å². The molecule has 1 aliphatic rings. The summed E-state index contributed by atoms with van der Waals surface area (Å²) >= 11 is 6.00. The van der Waals surface area contributed by atoms with E-state index in [4.69, 9.17) is 17.3 Å². The number of carbonyl (C=O) groups is 3. The number of benzene rings is 2. The molecule has 2 aromatic carbocycles. The zero-order valence-corrected chi connectivity index (χ0v) is 15.2. The maximum atomic E-state index is 12.6. The molecule has 8 heteroatoms. The quantitative estimate of drug-likeness (QED) is 0.826. The van der Waals surface area contributed by atoms with Gasteiger partial charge in [0, 0.05) is 12.1 Å². The summed E-state index contributed by atoms with van der Waals surface area (Å²) < 4.78 is 0. The Labute approximate surface area is 160 Å². The predicted octanol–water partition coefficient (Wildman–Crippen LogP) is 2.60. The highest BCUT2D eigenvalue weighted by atomic mass is 35.5. The second kappa shape index (κ2) is 7.59. The van der Waals surface area contributed by atoms with E-state index in [1.165, 1.54) is 25.1 Å². The van der Waals surface area contributed by atoms with Gasteiger partial charge >= 0.3 is 0 Å². The Morgan fingerprint density at radius 2 is 1.89 bits per heavy atom. The van der Waals surface area contributed by atoms with Gasteiger partial charge in [-0.05, 0) is 37.3 Å². The van der Waals surface area contributed by atoms with E-state index in [2.05, 4.69) is 10.4 Å². The molecule has 0 fully saturated rings. The van der Waals surface area contributed by atoms with E-state index in [1.54, 1.807) is 5.01 Å². The first-order valence-electron chi connectivity index (χ1n) is 8.19. The van der Waals surface area contributed by atoms with Crippen molar-refractivity contribution in [2.75, 3.05) is 10.3 Å². The van der Waals surface area contributed by atoms with Gasteiger partial charge in [0.15, 0.2) is 5.78 Å². The molecule has 3 rings (SSSR count). The summed E-state index contributed by atoms with van der Waals surface area (Å²) in [5, 5.41) is 8.71. The number of anilines is 2. The normalized spacial score (nSPS) is 16.0. The second-order valence-corrected chi connectivity index (χ2v) is 6.48. The summed E-state index contributed by atoms with van der Waals surface area (Å²) in [6.45, 7) is 1.47. The van der Waals surface area contributed by atoms with Gasteiger partial charge in [-0.2, -0.15) is 5.10 Å². The van der Waals surface area contributed by atoms with Crippen molar-refractivity contribution < 1.29 is 14.4 Å². The molecule has 0 radical (unpaired) electrons. The van der Waals surface area contributed by atoms with Crippen LogP contribution in [0.1, 0.15) is 23.7 Å². The molecule has 1 heterocycles. The average Bonchev–Trinajstić information content (AvgIpc) is 3.08. The number of para-hydroxylation sites is 1. The molecule has 0 saturated carbocycles. The molecular formula is C19H17ClN4O3. The van der Waals surface area contributed by atoms with E-state index < -0.39 is 17.9 Å². The number of amides is 2. The molecule has 0 aromatic heterocycles. The zero-order chi connectivity index (χ0) is 19.6. The third-order valence-electron chi connectivity index (χ3n) is 4.15. The lowest BCUT2D eigenvalue weighted by Gasteiger charge is -2.20. The van der Waals surface area contributed by atoms with Crippen molar-refractivity contribution in [1.29, 1.82) is 0 Å². The number of rotatable bonds is 5. The van der Waals surface area contributed by atoms with Gasteiger partial charge in [0.2, 0.25) is 5.91 Å². The Bertz CT molecular complexity index is 943. The van der Waals surface area contributed by atoms with Gasteiger partial charge in [0.25, 0.3) is 5.91 Å². The molecule has 0 unspecified atom stereocenters. The first-order valence-corrected chi connectivity index (χ1v) is 8.57. The second-order valence-electron chi connectivity index (χ2n) is 6.07. The number of carbonyl (C=O) groups excluding carboxylic acids is 3. The Morgan fingerprint density at radius 1 is 1.19 bits per heavy atom. The summed E-state index contributed by atoms with van der Waals surface area (Å²) in [7, 11) is 0. The molecule has 27 heavy (non-hydrogen) atoms. The minimum Gasteiger partial charge on any atom is -0.366 e. The molecule has 2 amide bonds. The summed E-state index contributed by atoms with van der Waals surface area (Å²) in [5.74, 6) is -1.18. The minimum atomic E-state index is -0.652. The molecule has 0 aliphatic carbocycles. The maximum Gasteiger partial charge on any atom is 0.271 e. The molecule has 0 bridgehead atoms. The highest BCUT2D eigenvalue weighted by molar-refractivity contribution is 6.44. The average molecular weight is 385 g/mol. The van der Waals surface area contributed by atoms with Crippen LogP contribution in [-0.4, -0.2) is 29.4 Å². The van der Waals surface area contributed by atoms with Gasteiger partial charge in [0.1, 0.15) is 11.8 Å². The van der Waals surface area contributed by atoms with Gasteiger partial charge in [-0.25, -0.2) is 0 Å². The molecule has 1 atom stereocenters. The fraction of sp³-hybridized carbons (Fsp3) is 0.158. The van der Waals surface area contributed by atoms with Crippen molar-refractivity contribution in [3.8, 4) is 0 Å². The number of hydrazone groups is 1. The van der Waals surface area contributed by atoms with E-state index in [0.717, 1.165) is 5.69 Å². The van der Waals surface area contributed by atoms with Gasteiger partial charge in [0.05, 0.1) is 16.3 Å². The van der Waals surface area contributed by atoms with Crippen molar-refractivity contribution in [3.05, 3.63) is 59.1 Å². The lowest BCUT2D eigenvalue weighted by atomic mass is 10.1. The van der Waals surface area contributed by atoms with Crippen LogP contribution < -0.4 is 16.1 Å². The van der Waals surface area contributed by atoms with E-state index >= 15 is 0 Å². The zero-order valence-electron chi connectivity index (χ0n) is 14.5. The Morgan fingerprint density at radius 3 is 2.48 bits per heavy atom. The van der Waals surface area contributed by atoms with Crippen molar-refractivity contribution in [2.24, 2.45) is 10.8 Å². The number of nitrogens with two attached hydrogens (primary N) is 1. The number of Topliss-reactive ketones (excluding diaryl/α,β-unsaturated/α-hetero) is 1. The van der Waals surface area contributed by atoms with Gasteiger partial charge in [-0.15, -0.1) is 0 Å². The maximum absolute atomic E-state index is 12.6. The standard InChI is InChI=1S/C19H17ClN4O3/c1-11(25)17-10-16(23-24(17)13-5-3-2-4-6-13)19(27)22-12-7-8-14(18(21)26)15(20)9-12/h2-9,17H,10H2,1H3,(H2,21,26)(H,22,27)/t17-/m1/s1. The first kappa shape index (κ1) is 18.6. The van der Waals surface area contributed by atoms with Gasteiger partial charge in [-0.1, -0.05) is 29.8 Å². The molecule has 0 spiro atoms. The van der Waals surface area contributed by atoms with Crippen LogP contribution in [0.4, 0.5) is 11.4 Å². The van der Waals surface area contributed by atoms with E-state index in [9.17, 15) is 14.4 Å². The summed E-state index contributed by atoms with van der Waals surface area (Å²) in [6.07, 6.45) is 0.198. The summed E-state index contributed by atoms with van der Waals surface area (Å²) in [6, 6.07) is 13.0. The minimum absolute atomic E-state index is 0.0840. The Kier molecular flexibility index (Phi) is 5.23. The SMILES string of the molecule is CC(=O)[C@H]1CC(C(=O)Nc2ccc(C(N)=O)c(Cl)c2)=NN1c1ccccc1. The Balaban J connectivity index is 1.81. The largest absolute Gasteiger partial charge is 0.366 e. The van der Waals surface area contributed by atoms with Crippen molar-refractivity contribution in [1.82, 2.24) is 0 Å². The first-order chi connectivity index (χ1) is 12.9. The van der Waals surface area contributed by atoms with Crippen LogP contribution in [-0.2, 0) is 9.59 Å². The number of primary amides is 1. The lowest BCUT2D eigenvalue weighted by Crippen LogP contribution is -2.33. The van der Waals surface area contributed by atoms with Crippen LogP contribution >= 0.6 is 11.6 Å². The van der Waals surface area contributed by atoms with Gasteiger partial charge in [-0.3, -0.25) is 19.4 Å². The fourth-order valence-electron chi connectivity index (χ4n) is 2.78. The predicted molar refractivity (Wildman–Crippen MR) is 104 cm³/mol. The molecular weight excluding hydrogens is 368 g/mol. The molecule has 2 aromatic rings. The number of ketones is 1. The smallest absolute Gasteiger partial charge is 0.271 e. The van der Waals surface area contributed by atoms with Gasteiger partial charge < -0.3 is 11.1 Å². The lowest BCUT2D eigenvalue weighted by molar-refractivity contribution is -0.118. The molecule has 3 N–H and O–H groups in total. The number of nitrogens with one attached hydrogen (secondary N) is 1. The number of hydrogen-bond acceptors (Lipinski definition) is 5. The third kappa shape index (κ3) is 3.98. The monoisotopic (exact) mass is 384 g/mol. The summed E-state index contributed by atoms with van der Waals surface area (Å²) in [4.78, 5) is 35.8. The van der Waals surface area contributed by atoms with Crippen LogP contribution in [0.15, 0.2) is 53.6 Å². The highest BCUT2D eigenvalue weighted by Gasteiger charge is 2.34. The molecule has 1 aliphatic heterocycles. The molecule has 138 valence electrons. The van der Waals surface area contributed by atoms with Crippen LogP contribution in [0.25, 0.3) is 0 Å². The molecule has 0 saturated heterocycles. The number of nitrogens with zero attached hydrogens (tertiary/aromatic N) is 2. The van der Waals surface area contributed by atoms with Crippen LogP contribution in [0.5, 0.6) is 0 Å². The van der Waals surface area contributed by atoms with Crippen molar-refractivity contribution in [3.63, 3.8) is 0 Å².